The first kappa shape index (κ1) is 25.0. The molecule has 0 fully saturated rings. The lowest BCUT2D eigenvalue weighted by Crippen LogP contribution is -2.59. The highest BCUT2D eigenvalue weighted by atomic mass is 35.5. The summed E-state index contributed by atoms with van der Waals surface area (Å²) in [4.78, 5) is 22.7. The Balaban J connectivity index is 2.74. The third-order valence-electron chi connectivity index (χ3n) is 3.02. The van der Waals surface area contributed by atoms with Crippen LogP contribution in [-0.4, -0.2) is 42.7 Å². The minimum atomic E-state index is -6.53. The molecule has 0 heterocycles. The van der Waals surface area contributed by atoms with Crippen molar-refractivity contribution >= 4 is 35.1 Å². The molecule has 14 heteroatoms. The zero-order valence-corrected chi connectivity index (χ0v) is 15.1. The largest absolute Gasteiger partial charge is 0.456 e. The van der Waals surface area contributed by atoms with Crippen LogP contribution in [0.15, 0.2) is 30.4 Å². The van der Waals surface area contributed by atoms with Gasteiger partial charge in [0.25, 0.3) is 0 Å². The first-order valence-corrected chi connectivity index (χ1v) is 7.81. The summed E-state index contributed by atoms with van der Waals surface area (Å²) < 4.78 is 110. The number of benzene rings is 1. The molecule has 0 aliphatic carbocycles. The van der Waals surface area contributed by atoms with Gasteiger partial charge in [-0.1, -0.05) is 29.3 Å². The Morgan fingerprint density at radius 3 is 1.93 bits per heavy atom. The minimum absolute atomic E-state index is 0.108. The molecule has 4 nitrogen and oxygen atoms in total. The normalized spacial score (nSPS) is 13.1. The van der Waals surface area contributed by atoms with E-state index in [0.29, 0.717) is 6.08 Å². The van der Waals surface area contributed by atoms with Crippen molar-refractivity contribution in [1.82, 2.24) is 0 Å². The van der Waals surface area contributed by atoms with E-state index >= 15 is 0 Å². The fourth-order valence-corrected chi connectivity index (χ4v) is 2.01. The molecule has 0 aliphatic heterocycles. The molecule has 0 radical (unpaired) electrons. The van der Waals surface area contributed by atoms with Crippen molar-refractivity contribution in [2.45, 2.75) is 24.2 Å². The summed E-state index contributed by atoms with van der Waals surface area (Å²) in [5, 5.41) is -0.215. The van der Waals surface area contributed by atoms with Gasteiger partial charge in [-0.2, -0.15) is 26.3 Å². The molecular weight excluding hydrogens is 467 g/mol. The molecule has 0 spiro atoms. The van der Waals surface area contributed by atoms with Crippen LogP contribution >= 0.6 is 23.2 Å². The van der Waals surface area contributed by atoms with Gasteiger partial charge in [0.2, 0.25) is 0 Å². The highest BCUT2D eigenvalue weighted by molar-refractivity contribution is 6.37. The van der Waals surface area contributed by atoms with Gasteiger partial charge in [-0.05, 0) is 12.1 Å². The fraction of sp³-hybridized carbons (Fsp3) is 0.333. The Labute approximate surface area is 167 Å². The number of carbonyl (C=O) groups is 2. The summed E-state index contributed by atoms with van der Waals surface area (Å²) in [7, 11) is 0. The van der Waals surface area contributed by atoms with E-state index in [1.54, 1.807) is 0 Å². The Morgan fingerprint density at radius 2 is 1.45 bits per heavy atom. The van der Waals surface area contributed by atoms with Crippen LogP contribution in [0.4, 0.5) is 35.1 Å². The van der Waals surface area contributed by atoms with Crippen LogP contribution in [0.1, 0.15) is 0 Å². The third-order valence-corrected chi connectivity index (χ3v) is 3.62. The maximum Gasteiger partial charge on any atom is 0.381 e. The van der Waals surface area contributed by atoms with Crippen molar-refractivity contribution in [2.75, 3.05) is 6.61 Å². The van der Waals surface area contributed by atoms with Gasteiger partial charge in [-0.3, -0.25) is 0 Å². The highest BCUT2D eigenvalue weighted by Crippen LogP contribution is 2.48. The minimum Gasteiger partial charge on any atom is -0.456 e. The van der Waals surface area contributed by atoms with Crippen molar-refractivity contribution in [3.05, 3.63) is 40.4 Å². The molecule has 0 amide bonds. The van der Waals surface area contributed by atoms with Crippen LogP contribution in [0, 0.1) is 0 Å². The van der Waals surface area contributed by atoms with E-state index in [1.165, 1.54) is 18.2 Å². The average Bonchev–Trinajstić information content (AvgIpc) is 2.61. The number of alkyl halides is 8. The summed E-state index contributed by atoms with van der Waals surface area (Å²) in [6.45, 7) is -2.67. The van der Waals surface area contributed by atoms with Crippen molar-refractivity contribution in [3.63, 3.8) is 0 Å². The van der Waals surface area contributed by atoms with E-state index in [0.717, 1.165) is 0 Å². The Hall–Kier alpha value is -2.08. The van der Waals surface area contributed by atoms with E-state index in [4.69, 9.17) is 23.2 Å². The third kappa shape index (κ3) is 5.72. The number of ether oxygens (including phenoxy) is 2. The van der Waals surface area contributed by atoms with Crippen LogP contribution in [0.5, 0.6) is 5.75 Å². The lowest BCUT2D eigenvalue weighted by molar-refractivity contribution is -0.344. The number of hydrogen-bond donors (Lipinski definition) is 0. The molecule has 162 valence electrons. The van der Waals surface area contributed by atoms with Crippen molar-refractivity contribution in [3.8, 4) is 5.75 Å². The number of esters is 2. The lowest BCUT2D eigenvalue weighted by Gasteiger charge is -2.31. The number of para-hydroxylation sites is 1. The van der Waals surface area contributed by atoms with Crippen LogP contribution in [0.25, 0.3) is 0 Å². The van der Waals surface area contributed by atoms with Crippen molar-refractivity contribution in [1.29, 1.82) is 0 Å². The van der Waals surface area contributed by atoms with E-state index in [9.17, 15) is 44.7 Å². The van der Waals surface area contributed by atoms with Crippen LogP contribution in [0.2, 0.25) is 10.0 Å². The number of carbonyl (C=O) groups excluding carboxylic acids is 2. The van der Waals surface area contributed by atoms with Crippen LogP contribution < -0.4 is 4.74 Å². The standard InChI is InChI=1S/C15H8Cl2F8O4/c16-7-2-1-3-8(17)11(7)29-10(27)5-4-9(26)28-6-13(20,21)15(24,25)14(22,23)12(18)19/h1-5,12H,6H2/b5-4+. The molecule has 0 aromatic heterocycles. The molecule has 1 aromatic rings. The summed E-state index contributed by atoms with van der Waals surface area (Å²) in [5.74, 6) is -22.3. The predicted octanol–water partition coefficient (Wildman–Crippen LogP) is 5.17. The SMILES string of the molecule is O=C(/C=C/C(=O)Oc1c(Cl)cccc1Cl)OCC(F)(F)C(F)(F)C(F)(F)C(F)F. The molecule has 0 bridgehead atoms. The van der Waals surface area contributed by atoms with E-state index in [1.807, 2.05) is 0 Å². The molecular formula is C15H8Cl2F8O4. The molecule has 0 atom stereocenters. The number of halogens is 10. The van der Waals surface area contributed by atoms with Gasteiger partial charge in [-0.15, -0.1) is 0 Å². The number of rotatable bonds is 8. The molecule has 0 saturated heterocycles. The summed E-state index contributed by atoms with van der Waals surface area (Å²) in [6.07, 6.45) is -4.68. The second-order valence-corrected chi connectivity index (χ2v) is 5.93. The van der Waals surface area contributed by atoms with Gasteiger partial charge < -0.3 is 9.47 Å². The van der Waals surface area contributed by atoms with Gasteiger partial charge >= 0.3 is 36.1 Å². The summed E-state index contributed by atoms with van der Waals surface area (Å²) >= 11 is 11.4. The molecule has 1 aromatic carbocycles. The lowest BCUT2D eigenvalue weighted by atomic mass is 10.1. The Morgan fingerprint density at radius 1 is 0.966 bits per heavy atom. The van der Waals surface area contributed by atoms with Gasteiger partial charge in [0.15, 0.2) is 12.4 Å². The van der Waals surface area contributed by atoms with E-state index < -0.39 is 42.7 Å². The van der Waals surface area contributed by atoms with Crippen LogP contribution in [0.3, 0.4) is 0 Å². The van der Waals surface area contributed by atoms with Gasteiger partial charge in [0.1, 0.15) is 0 Å². The fourth-order valence-electron chi connectivity index (χ4n) is 1.53. The summed E-state index contributed by atoms with van der Waals surface area (Å²) in [6, 6.07) is 3.97. The second-order valence-electron chi connectivity index (χ2n) is 5.12. The van der Waals surface area contributed by atoms with Gasteiger partial charge in [0.05, 0.1) is 10.0 Å². The first-order valence-electron chi connectivity index (χ1n) is 7.05. The Bertz CT molecular complexity index is 778. The second kappa shape index (κ2) is 9.16. The van der Waals surface area contributed by atoms with Gasteiger partial charge in [0, 0.05) is 12.2 Å². The summed E-state index contributed by atoms with van der Waals surface area (Å²) in [5.41, 5.74) is 0. The Kier molecular flexibility index (Phi) is 7.88. The molecule has 29 heavy (non-hydrogen) atoms. The first-order chi connectivity index (χ1) is 13.1. The molecule has 0 saturated carbocycles. The smallest absolute Gasteiger partial charge is 0.381 e. The maximum absolute atomic E-state index is 13.2. The van der Waals surface area contributed by atoms with Crippen LogP contribution in [-0.2, 0) is 14.3 Å². The zero-order chi connectivity index (χ0) is 22.6. The molecule has 0 unspecified atom stereocenters. The van der Waals surface area contributed by atoms with E-state index in [2.05, 4.69) is 9.47 Å². The van der Waals surface area contributed by atoms with Gasteiger partial charge in [-0.25, -0.2) is 18.4 Å². The topological polar surface area (TPSA) is 52.6 Å². The zero-order valence-electron chi connectivity index (χ0n) is 13.6. The van der Waals surface area contributed by atoms with Crippen molar-refractivity contribution in [2.24, 2.45) is 0 Å². The molecule has 0 N–H and O–H groups in total. The highest BCUT2D eigenvalue weighted by Gasteiger charge is 2.75. The molecule has 0 aliphatic rings. The van der Waals surface area contributed by atoms with Crippen molar-refractivity contribution < 1.29 is 54.2 Å². The van der Waals surface area contributed by atoms with E-state index in [-0.39, 0.29) is 21.9 Å². The maximum atomic E-state index is 13.2. The monoisotopic (exact) mass is 474 g/mol. The quantitative estimate of drug-likeness (QED) is 0.226. The average molecular weight is 475 g/mol. The molecule has 1 rings (SSSR count). The predicted molar refractivity (Wildman–Crippen MR) is 83.0 cm³/mol. The number of hydrogen-bond acceptors (Lipinski definition) is 4.